The quantitative estimate of drug-likeness (QED) is 0.663. The van der Waals surface area contributed by atoms with Crippen LogP contribution in [-0.4, -0.2) is 55.5 Å². The second-order valence-electron chi connectivity index (χ2n) is 6.85. The summed E-state index contributed by atoms with van der Waals surface area (Å²) in [4.78, 5) is 2.11. The molecule has 28 heavy (non-hydrogen) atoms. The second-order valence-corrected chi connectivity index (χ2v) is 10.7. The maximum atomic E-state index is 12.7. The normalized spacial score (nSPS) is 17.8. The van der Waals surface area contributed by atoms with Crippen LogP contribution in [0.3, 0.4) is 0 Å². The van der Waals surface area contributed by atoms with Crippen molar-refractivity contribution in [2.24, 2.45) is 0 Å². The van der Waals surface area contributed by atoms with Crippen LogP contribution in [0.5, 0.6) is 0 Å². The van der Waals surface area contributed by atoms with Gasteiger partial charge in [0.25, 0.3) is 10.0 Å². The van der Waals surface area contributed by atoms with Crippen LogP contribution >= 0.6 is 22.9 Å². The highest BCUT2D eigenvalue weighted by Gasteiger charge is 2.30. The van der Waals surface area contributed by atoms with E-state index in [4.69, 9.17) is 11.6 Å². The number of thiophene rings is 1. The topological polar surface area (TPSA) is 60.9 Å². The van der Waals surface area contributed by atoms with Crippen molar-refractivity contribution in [1.82, 2.24) is 9.21 Å². The minimum absolute atomic E-state index is 0.279. The van der Waals surface area contributed by atoms with Gasteiger partial charge in [0.1, 0.15) is 4.21 Å². The summed E-state index contributed by atoms with van der Waals surface area (Å²) >= 11 is 6.97. The van der Waals surface area contributed by atoms with Crippen LogP contribution in [0.15, 0.2) is 58.8 Å². The van der Waals surface area contributed by atoms with Gasteiger partial charge in [-0.05, 0) is 28.5 Å². The van der Waals surface area contributed by atoms with Gasteiger partial charge in [-0.15, -0.1) is 11.3 Å². The number of benzene rings is 2. The molecule has 1 saturated heterocycles. The minimum atomic E-state index is -3.50. The first kappa shape index (κ1) is 19.8. The largest absolute Gasteiger partial charge is 0.387 e. The SMILES string of the molecule is O=S(=O)(c1ccc(Cl)s1)N1CCN(C[C@H](O)c2cccc3ccccc23)CC1. The van der Waals surface area contributed by atoms with Crippen molar-refractivity contribution in [3.63, 3.8) is 0 Å². The molecule has 1 aliphatic heterocycles. The van der Waals surface area contributed by atoms with E-state index < -0.39 is 16.1 Å². The van der Waals surface area contributed by atoms with E-state index in [-0.39, 0.29) is 4.21 Å². The zero-order valence-corrected chi connectivity index (χ0v) is 17.6. The Hall–Kier alpha value is -1.48. The van der Waals surface area contributed by atoms with E-state index in [1.165, 1.54) is 4.31 Å². The Labute approximate surface area is 173 Å². The average molecular weight is 437 g/mol. The van der Waals surface area contributed by atoms with Gasteiger partial charge in [-0.25, -0.2) is 8.42 Å². The first-order valence-electron chi connectivity index (χ1n) is 9.09. The Morgan fingerprint density at radius 1 is 1.00 bits per heavy atom. The highest BCUT2D eigenvalue weighted by molar-refractivity contribution is 7.91. The number of sulfonamides is 1. The summed E-state index contributed by atoms with van der Waals surface area (Å²) < 4.78 is 27.7. The average Bonchev–Trinajstić information content (AvgIpc) is 3.15. The number of hydrogen-bond acceptors (Lipinski definition) is 5. The summed E-state index contributed by atoms with van der Waals surface area (Å²) in [5, 5.41) is 12.9. The monoisotopic (exact) mass is 436 g/mol. The first-order chi connectivity index (χ1) is 13.4. The van der Waals surface area contributed by atoms with E-state index in [2.05, 4.69) is 4.90 Å². The maximum Gasteiger partial charge on any atom is 0.252 e. The predicted molar refractivity (Wildman–Crippen MR) is 113 cm³/mol. The van der Waals surface area contributed by atoms with E-state index in [0.29, 0.717) is 37.1 Å². The van der Waals surface area contributed by atoms with Crippen molar-refractivity contribution in [1.29, 1.82) is 0 Å². The van der Waals surface area contributed by atoms with Crippen LogP contribution in [0, 0.1) is 0 Å². The first-order valence-corrected chi connectivity index (χ1v) is 11.7. The molecule has 4 rings (SSSR count). The summed E-state index contributed by atoms with van der Waals surface area (Å²) in [5.41, 5.74) is 0.904. The van der Waals surface area contributed by atoms with Crippen LogP contribution < -0.4 is 0 Å². The summed E-state index contributed by atoms with van der Waals surface area (Å²) in [6.45, 7) is 2.45. The summed E-state index contributed by atoms with van der Waals surface area (Å²) in [7, 11) is -3.50. The van der Waals surface area contributed by atoms with Crippen molar-refractivity contribution >= 4 is 43.7 Å². The number of hydrogen-bond donors (Lipinski definition) is 1. The molecule has 1 fully saturated rings. The van der Waals surface area contributed by atoms with Crippen molar-refractivity contribution in [3.05, 3.63) is 64.5 Å². The molecule has 1 aromatic heterocycles. The lowest BCUT2D eigenvalue weighted by atomic mass is 10.00. The highest BCUT2D eigenvalue weighted by atomic mass is 35.5. The van der Waals surface area contributed by atoms with E-state index in [1.807, 2.05) is 42.5 Å². The number of halogens is 1. The zero-order chi connectivity index (χ0) is 19.7. The Morgan fingerprint density at radius 2 is 1.71 bits per heavy atom. The van der Waals surface area contributed by atoms with Gasteiger partial charge < -0.3 is 5.11 Å². The molecule has 1 aliphatic rings. The number of nitrogens with zero attached hydrogens (tertiary/aromatic N) is 2. The summed E-state index contributed by atoms with van der Waals surface area (Å²) in [5.74, 6) is 0. The second kappa shape index (κ2) is 8.10. The molecule has 148 valence electrons. The van der Waals surface area contributed by atoms with Crippen LogP contribution in [0.2, 0.25) is 4.34 Å². The smallest absolute Gasteiger partial charge is 0.252 e. The molecular weight excluding hydrogens is 416 g/mol. The van der Waals surface area contributed by atoms with Gasteiger partial charge in [0.2, 0.25) is 0 Å². The fraction of sp³-hybridized carbons (Fsp3) is 0.300. The third-order valence-electron chi connectivity index (χ3n) is 5.09. The Balaban J connectivity index is 1.42. The lowest BCUT2D eigenvalue weighted by molar-refractivity contribution is 0.0930. The molecule has 0 radical (unpaired) electrons. The van der Waals surface area contributed by atoms with Crippen molar-refractivity contribution in [3.8, 4) is 0 Å². The van der Waals surface area contributed by atoms with Crippen molar-refractivity contribution < 1.29 is 13.5 Å². The number of β-amino-alcohol motifs (C(OH)–C–C–N with tert-alkyl or cyclic N) is 1. The molecule has 5 nitrogen and oxygen atoms in total. The zero-order valence-electron chi connectivity index (χ0n) is 15.2. The van der Waals surface area contributed by atoms with Crippen LogP contribution in [0.4, 0.5) is 0 Å². The fourth-order valence-electron chi connectivity index (χ4n) is 3.60. The number of aliphatic hydroxyl groups excluding tert-OH is 1. The summed E-state index contributed by atoms with van der Waals surface area (Å²) in [6, 6.07) is 17.1. The fourth-order valence-corrected chi connectivity index (χ4v) is 6.66. The molecule has 2 aromatic carbocycles. The summed E-state index contributed by atoms with van der Waals surface area (Å²) in [6.07, 6.45) is -0.620. The van der Waals surface area contributed by atoms with Crippen LogP contribution in [0.1, 0.15) is 11.7 Å². The molecule has 0 aliphatic carbocycles. The third-order valence-corrected chi connectivity index (χ3v) is 8.68. The molecule has 0 unspecified atom stereocenters. The number of rotatable bonds is 5. The molecular formula is C20H21ClN2O3S2. The minimum Gasteiger partial charge on any atom is -0.387 e. The lowest BCUT2D eigenvalue weighted by Crippen LogP contribution is -2.49. The van der Waals surface area contributed by atoms with Gasteiger partial charge in [-0.3, -0.25) is 4.90 Å². The van der Waals surface area contributed by atoms with E-state index in [1.54, 1.807) is 12.1 Å². The van der Waals surface area contributed by atoms with Gasteiger partial charge >= 0.3 is 0 Å². The highest BCUT2D eigenvalue weighted by Crippen LogP contribution is 2.29. The van der Waals surface area contributed by atoms with Crippen LogP contribution in [0.25, 0.3) is 10.8 Å². The number of piperazine rings is 1. The molecule has 2 heterocycles. The standard InChI is InChI=1S/C20H21ClN2O3S2/c21-19-8-9-20(27-19)28(25,26)23-12-10-22(11-13-23)14-18(24)17-7-3-5-15-4-1-2-6-16(15)17/h1-9,18,24H,10-14H2/t18-/m0/s1. The molecule has 1 N–H and O–H groups in total. The molecule has 8 heteroatoms. The molecule has 0 saturated carbocycles. The van der Waals surface area contributed by atoms with Gasteiger partial charge in [0.05, 0.1) is 10.4 Å². The molecule has 1 atom stereocenters. The molecule has 0 spiro atoms. The molecule has 0 bridgehead atoms. The number of fused-ring (bicyclic) bond motifs is 1. The Bertz CT molecular complexity index is 1070. The number of aliphatic hydroxyl groups is 1. The van der Waals surface area contributed by atoms with Gasteiger partial charge in [-0.2, -0.15) is 4.31 Å². The van der Waals surface area contributed by atoms with Gasteiger partial charge in [0, 0.05) is 32.7 Å². The predicted octanol–water partition coefficient (Wildman–Crippen LogP) is 3.59. The van der Waals surface area contributed by atoms with E-state index >= 15 is 0 Å². The Kier molecular flexibility index (Phi) is 5.73. The lowest BCUT2D eigenvalue weighted by Gasteiger charge is -2.34. The van der Waals surface area contributed by atoms with Gasteiger partial charge in [-0.1, -0.05) is 54.1 Å². The van der Waals surface area contributed by atoms with E-state index in [9.17, 15) is 13.5 Å². The van der Waals surface area contributed by atoms with Crippen molar-refractivity contribution in [2.75, 3.05) is 32.7 Å². The maximum absolute atomic E-state index is 12.7. The molecule has 3 aromatic rings. The Morgan fingerprint density at radius 3 is 2.43 bits per heavy atom. The van der Waals surface area contributed by atoms with E-state index in [0.717, 1.165) is 27.7 Å². The van der Waals surface area contributed by atoms with Gasteiger partial charge in [0.15, 0.2) is 0 Å². The van der Waals surface area contributed by atoms with Crippen LogP contribution in [-0.2, 0) is 10.0 Å². The third kappa shape index (κ3) is 3.96. The molecule has 0 amide bonds. The van der Waals surface area contributed by atoms with Crippen molar-refractivity contribution in [2.45, 2.75) is 10.3 Å².